The van der Waals surface area contributed by atoms with E-state index in [1.165, 1.54) is 0 Å². The minimum absolute atomic E-state index is 0.0219. The SMILES string of the molecule is CC1(C)CC1C(=O)NC1CCC1(C)O. The average molecular weight is 197 g/mol. The topological polar surface area (TPSA) is 49.3 Å². The van der Waals surface area contributed by atoms with Crippen molar-refractivity contribution in [2.24, 2.45) is 11.3 Å². The summed E-state index contributed by atoms with van der Waals surface area (Å²) < 4.78 is 0. The Morgan fingerprint density at radius 2 is 2.00 bits per heavy atom. The van der Waals surface area contributed by atoms with Crippen molar-refractivity contribution >= 4 is 5.91 Å². The van der Waals surface area contributed by atoms with E-state index in [-0.39, 0.29) is 23.3 Å². The van der Waals surface area contributed by atoms with Gasteiger partial charge in [0.25, 0.3) is 0 Å². The molecule has 0 aromatic rings. The number of rotatable bonds is 2. The van der Waals surface area contributed by atoms with Gasteiger partial charge in [-0.25, -0.2) is 0 Å². The summed E-state index contributed by atoms with van der Waals surface area (Å²) >= 11 is 0. The fourth-order valence-electron chi connectivity index (χ4n) is 2.12. The van der Waals surface area contributed by atoms with E-state index < -0.39 is 5.60 Å². The highest BCUT2D eigenvalue weighted by Crippen LogP contribution is 2.51. The highest BCUT2D eigenvalue weighted by molar-refractivity contribution is 5.82. The van der Waals surface area contributed by atoms with Crippen LogP contribution in [0.15, 0.2) is 0 Å². The van der Waals surface area contributed by atoms with Gasteiger partial charge >= 0.3 is 0 Å². The molecule has 0 aromatic carbocycles. The first-order valence-electron chi connectivity index (χ1n) is 5.36. The number of aliphatic hydroxyl groups is 1. The lowest BCUT2D eigenvalue weighted by Gasteiger charge is -2.43. The fourth-order valence-corrected chi connectivity index (χ4v) is 2.12. The summed E-state index contributed by atoms with van der Waals surface area (Å²) in [5.74, 6) is 0.291. The van der Waals surface area contributed by atoms with Crippen molar-refractivity contribution in [1.82, 2.24) is 5.32 Å². The minimum atomic E-state index is -0.672. The summed E-state index contributed by atoms with van der Waals surface area (Å²) in [6.07, 6.45) is 2.69. The molecule has 2 aliphatic carbocycles. The quantitative estimate of drug-likeness (QED) is 0.695. The van der Waals surface area contributed by atoms with Crippen molar-refractivity contribution in [2.75, 3.05) is 0 Å². The first-order chi connectivity index (χ1) is 6.33. The molecule has 3 heteroatoms. The summed E-state index contributed by atoms with van der Waals surface area (Å²) in [5, 5.41) is 12.7. The van der Waals surface area contributed by atoms with E-state index in [9.17, 15) is 9.90 Å². The van der Waals surface area contributed by atoms with Crippen LogP contribution in [-0.4, -0.2) is 22.7 Å². The Bertz CT molecular complexity index is 270. The third-order valence-electron chi connectivity index (χ3n) is 3.84. The Morgan fingerprint density at radius 3 is 2.29 bits per heavy atom. The van der Waals surface area contributed by atoms with Gasteiger partial charge < -0.3 is 10.4 Å². The molecular weight excluding hydrogens is 178 g/mol. The van der Waals surface area contributed by atoms with Gasteiger partial charge in [0.15, 0.2) is 0 Å². The summed E-state index contributed by atoms with van der Waals surface area (Å²) in [7, 11) is 0. The zero-order chi connectivity index (χ0) is 10.6. The van der Waals surface area contributed by atoms with Crippen LogP contribution in [0.1, 0.15) is 40.0 Å². The molecule has 2 rings (SSSR count). The second-order valence-electron chi connectivity index (χ2n) is 5.70. The number of hydrogen-bond acceptors (Lipinski definition) is 2. The molecular formula is C11H19NO2. The Labute approximate surface area is 84.9 Å². The summed E-state index contributed by atoms with van der Waals surface area (Å²) in [6.45, 7) is 6.01. The molecule has 0 saturated heterocycles. The van der Waals surface area contributed by atoms with Crippen molar-refractivity contribution in [3.63, 3.8) is 0 Å². The first-order valence-corrected chi connectivity index (χ1v) is 5.36. The predicted molar refractivity (Wildman–Crippen MR) is 53.7 cm³/mol. The van der Waals surface area contributed by atoms with Crippen molar-refractivity contribution in [3.05, 3.63) is 0 Å². The second-order valence-corrected chi connectivity index (χ2v) is 5.70. The number of carbonyl (C=O) groups is 1. The number of carbonyl (C=O) groups excluding carboxylic acids is 1. The Hall–Kier alpha value is -0.570. The minimum Gasteiger partial charge on any atom is -0.388 e. The standard InChI is InChI=1S/C11H19NO2/c1-10(2)6-7(10)9(13)12-8-4-5-11(8,3)14/h7-8,14H,4-6H2,1-3H3,(H,12,13). The molecule has 0 radical (unpaired) electrons. The molecule has 0 spiro atoms. The van der Waals surface area contributed by atoms with E-state index in [2.05, 4.69) is 19.2 Å². The summed E-state index contributed by atoms with van der Waals surface area (Å²) in [6, 6.07) is -0.0219. The van der Waals surface area contributed by atoms with Crippen LogP contribution >= 0.6 is 0 Å². The molecule has 2 saturated carbocycles. The van der Waals surface area contributed by atoms with Gasteiger partial charge in [-0.1, -0.05) is 13.8 Å². The highest BCUT2D eigenvalue weighted by atomic mass is 16.3. The maximum Gasteiger partial charge on any atom is 0.223 e. The van der Waals surface area contributed by atoms with Crippen LogP contribution in [-0.2, 0) is 4.79 Å². The van der Waals surface area contributed by atoms with Gasteiger partial charge in [-0.3, -0.25) is 4.79 Å². The van der Waals surface area contributed by atoms with Gasteiger partial charge in [-0.15, -0.1) is 0 Å². The maximum atomic E-state index is 11.7. The number of amides is 1. The van der Waals surface area contributed by atoms with E-state index >= 15 is 0 Å². The lowest BCUT2D eigenvalue weighted by Crippen LogP contribution is -2.58. The van der Waals surface area contributed by atoms with Crippen LogP contribution in [0.5, 0.6) is 0 Å². The van der Waals surface area contributed by atoms with Gasteiger partial charge in [-0.05, 0) is 31.6 Å². The molecule has 0 heterocycles. The smallest absolute Gasteiger partial charge is 0.223 e. The zero-order valence-corrected chi connectivity index (χ0v) is 9.13. The van der Waals surface area contributed by atoms with Crippen molar-refractivity contribution < 1.29 is 9.90 Å². The molecule has 1 amide bonds. The lowest BCUT2D eigenvalue weighted by atomic mass is 9.76. The molecule has 2 aliphatic rings. The molecule has 0 bridgehead atoms. The maximum absolute atomic E-state index is 11.7. The number of nitrogens with one attached hydrogen (secondary N) is 1. The van der Waals surface area contributed by atoms with Crippen LogP contribution in [0.3, 0.4) is 0 Å². The normalized spacial score (nSPS) is 44.0. The Balaban J connectivity index is 1.85. The third kappa shape index (κ3) is 1.54. The lowest BCUT2D eigenvalue weighted by molar-refractivity contribution is -0.129. The fraction of sp³-hybridized carbons (Fsp3) is 0.909. The molecule has 80 valence electrons. The first kappa shape index (κ1) is 9.97. The van der Waals surface area contributed by atoms with E-state index in [4.69, 9.17) is 0 Å². The largest absolute Gasteiger partial charge is 0.388 e. The Kier molecular flexibility index (Phi) is 1.94. The van der Waals surface area contributed by atoms with Crippen LogP contribution in [0, 0.1) is 11.3 Å². The zero-order valence-electron chi connectivity index (χ0n) is 9.13. The van der Waals surface area contributed by atoms with Crippen molar-refractivity contribution in [1.29, 1.82) is 0 Å². The molecule has 3 atom stereocenters. The van der Waals surface area contributed by atoms with Crippen LogP contribution < -0.4 is 5.32 Å². The van der Waals surface area contributed by atoms with E-state index in [0.29, 0.717) is 0 Å². The van der Waals surface area contributed by atoms with Crippen LogP contribution in [0.2, 0.25) is 0 Å². The van der Waals surface area contributed by atoms with E-state index in [1.807, 2.05) is 0 Å². The average Bonchev–Trinajstić information content (AvgIpc) is 2.69. The van der Waals surface area contributed by atoms with Gasteiger partial charge in [0.2, 0.25) is 5.91 Å². The molecule has 0 aliphatic heterocycles. The monoisotopic (exact) mass is 197 g/mol. The summed E-state index contributed by atoms with van der Waals surface area (Å²) in [5.41, 5.74) is -0.492. The molecule has 2 fully saturated rings. The van der Waals surface area contributed by atoms with Crippen LogP contribution in [0.4, 0.5) is 0 Å². The van der Waals surface area contributed by atoms with Gasteiger partial charge in [0.05, 0.1) is 11.6 Å². The predicted octanol–water partition coefficient (Wildman–Crippen LogP) is 1.06. The summed E-state index contributed by atoms with van der Waals surface area (Å²) in [4.78, 5) is 11.7. The van der Waals surface area contributed by atoms with Gasteiger partial charge in [0.1, 0.15) is 0 Å². The van der Waals surface area contributed by atoms with Crippen molar-refractivity contribution in [2.45, 2.75) is 51.7 Å². The van der Waals surface area contributed by atoms with Crippen LogP contribution in [0.25, 0.3) is 0 Å². The van der Waals surface area contributed by atoms with E-state index in [1.54, 1.807) is 6.92 Å². The van der Waals surface area contributed by atoms with Gasteiger partial charge in [0, 0.05) is 5.92 Å². The molecule has 14 heavy (non-hydrogen) atoms. The second kappa shape index (κ2) is 2.72. The third-order valence-corrected chi connectivity index (χ3v) is 3.84. The van der Waals surface area contributed by atoms with E-state index in [0.717, 1.165) is 19.3 Å². The highest BCUT2D eigenvalue weighted by Gasteiger charge is 2.52. The molecule has 3 nitrogen and oxygen atoms in total. The van der Waals surface area contributed by atoms with Gasteiger partial charge in [-0.2, -0.15) is 0 Å². The number of hydrogen-bond donors (Lipinski definition) is 2. The molecule has 2 N–H and O–H groups in total. The molecule has 0 aromatic heterocycles. The molecule has 3 unspecified atom stereocenters. The Morgan fingerprint density at radius 1 is 1.43 bits per heavy atom. The van der Waals surface area contributed by atoms with Crippen molar-refractivity contribution in [3.8, 4) is 0 Å².